The van der Waals surface area contributed by atoms with Crippen molar-refractivity contribution in [3.8, 4) is 11.4 Å². The molecule has 2 atom stereocenters. The number of thioether (sulfide) groups is 1. The summed E-state index contributed by atoms with van der Waals surface area (Å²) in [5.74, 6) is 0.343. The van der Waals surface area contributed by atoms with Gasteiger partial charge in [0.1, 0.15) is 34.9 Å². The second-order valence-corrected chi connectivity index (χ2v) is 8.17. The zero-order valence-electron chi connectivity index (χ0n) is 13.2. The number of carbonyl (C=O) groups is 2. The van der Waals surface area contributed by atoms with E-state index in [9.17, 15) is 9.59 Å². The van der Waals surface area contributed by atoms with E-state index >= 15 is 0 Å². The van der Waals surface area contributed by atoms with E-state index in [2.05, 4.69) is 12.6 Å². The third-order valence-electron chi connectivity index (χ3n) is 4.29. The maximum Gasteiger partial charge on any atom is 0.248 e. The topological polar surface area (TPSA) is 80.2 Å². The van der Waals surface area contributed by atoms with E-state index in [4.69, 9.17) is 10.7 Å². The summed E-state index contributed by atoms with van der Waals surface area (Å²) >= 11 is 6.99. The lowest BCUT2D eigenvalue weighted by Crippen LogP contribution is -2.68. The Labute approximate surface area is 158 Å². The molecule has 0 radical (unpaired) electrons. The number of amides is 1. The van der Waals surface area contributed by atoms with Crippen LogP contribution in [0.15, 0.2) is 35.5 Å². The zero-order valence-corrected chi connectivity index (χ0v) is 15.8. The number of rotatable bonds is 3. The lowest BCUT2D eigenvalue weighted by Gasteiger charge is -2.48. The van der Waals surface area contributed by atoms with Gasteiger partial charge in [0, 0.05) is 28.8 Å². The van der Waals surface area contributed by atoms with Crippen molar-refractivity contribution < 1.29 is 14.2 Å². The van der Waals surface area contributed by atoms with Crippen molar-refractivity contribution in [3.63, 3.8) is 0 Å². The van der Waals surface area contributed by atoms with Gasteiger partial charge in [-0.15, -0.1) is 23.1 Å². The monoisotopic (exact) mass is 391 g/mol. The van der Waals surface area contributed by atoms with Crippen LogP contribution in [0.3, 0.4) is 0 Å². The number of fused-ring (bicyclic) bond motifs is 1. The summed E-state index contributed by atoms with van der Waals surface area (Å²) in [6.07, 6.45) is 1.96. The molecule has 128 valence electrons. The zero-order chi connectivity index (χ0) is 17.7. The number of thiazole rings is 1. The van der Waals surface area contributed by atoms with Gasteiger partial charge < -0.3 is 5.73 Å². The van der Waals surface area contributed by atoms with E-state index in [-0.39, 0.29) is 11.3 Å². The number of aryl methyl sites for hydroxylation is 1. The molecule has 1 saturated heterocycles. The van der Waals surface area contributed by atoms with Crippen LogP contribution in [-0.4, -0.2) is 38.1 Å². The summed E-state index contributed by atoms with van der Waals surface area (Å²) in [6.45, 7) is 0. The lowest BCUT2D eigenvalue weighted by molar-refractivity contribution is -0.660. The number of nitrogens with zero attached hydrogens (tertiary/aromatic N) is 3. The summed E-state index contributed by atoms with van der Waals surface area (Å²) in [5, 5.41) is 2.07. The van der Waals surface area contributed by atoms with E-state index in [1.807, 2.05) is 41.4 Å². The number of β-lactam (4-membered cyclic amide) rings is 1. The molecular weight excluding hydrogens is 376 g/mol. The molecule has 25 heavy (non-hydrogen) atoms. The average Bonchev–Trinajstić information content (AvgIpc) is 3.09. The number of hydrogen-bond donors (Lipinski definition) is 2. The first-order chi connectivity index (χ1) is 12.0. The molecule has 4 rings (SSSR count). The van der Waals surface area contributed by atoms with Crippen molar-refractivity contribution in [2.24, 2.45) is 12.8 Å². The first kappa shape index (κ1) is 16.8. The van der Waals surface area contributed by atoms with Gasteiger partial charge in [0.2, 0.25) is 16.7 Å². The first-order valence-corrected chi connectivity index (χ1v) is 9.94. The normalized spacial score (nSPS) is 22.7. The van der Waals surface area contributed by atoms with Gasteiger partial charge in [0.15, 0.2) is 6.20 Å². The van der Waals surface area contributed by atoms with Crippen molar-refractivity contribution in [1.82, 2.24) is 9.88 Å². The molecule has 0 aliphatic carbocycles. The Morgan fingerprint density at radius 2 is 2.28 bits per heavy atom. The third kappa shape index (κ3) is 2.62. The highest BCUT2D eigenvalue weighted by molar-refractivity contribution is 8.00. The molecule has 4 heterocycles. The number of pyridine rings is 1. The van der Waals surface area contributed by atoms with Gasteiger partial charge >= 0.3 is 0 Å². The SMILES string of the molecule is C[n+]1ccccc1-c1csc(C2=C(C(=O)S)N3C(=O)[C@@H](N)[C@H]3SC2)n1. The Morgan fingerprint density at radius 1 is 1.48 bits per heavy atom. The number of carbonyl (C=O) groups excluding carboxylic acids is 2. The van der Waals surface area contributed by atoms with E-state index in [0.717, 1.165) is 22.0 Å². The minimum absolute atomic E-state index is 0.186. The van der Waals surface area contributed by atoms with Gasteiger partial charge in [-0.05, 0) is 6.07 Å². The van der Waals surface area contributed by atoms with E-state index in [1.165, 1.54) is 16.2 Å². The van der Waals surface area contributed by atoms with Crippen LogP contribution in [0.4, 0.5) is 0 Å². The highest BCUT2D eigenvalue weighted by atomic mass is 32.2. The smallest absolute Gasteiger partial charge is 0.248 e. The van der Waals surface area contributed by atoms with Crippen LogP contribution in [0.5, 0.6) is 0 Å². The molecule has 0 saturated carbocycles. The number of hydrogen-bond acceptors (Lipinski definition) is 6. The molecule has 2 N–H and O–H groups in total. The fourth-order valence-corrected chi connectivity index (χ4v) is 5.49. The largest absolute Gasteiger partial charge is 0.317 e. The highest BCUT2D eigenvalue weighted by Crippen LogP contribution is 2.43. The molecule has 6 nitrogen and oxygen atoms in total. The quantitative estimate of drug-likeness (QED) is 0.464. The molecule has 0 aromatic carbocycles. The molecule has 2 aromatic heterocycles. The molecule has 2 aliphatic rings. The van der Waals surface area contributed by atoms with Crippen LogP contribution in [0.25, 0.3) is 17.0 Å². The Bertz CT molecular complexity index is 924. The summed E-state index contributed by atoms with van der Waals surface area (Å²) in [5.41, 5.74) is 8.71. The minimum atomic E-state index is -0.551. The van der Waals surface area contributed by atoms with Crippen LogP contribution in [0.1, 0.15) is 5.01 Å². The maximum atomic E-state index is 12.1. The Morgan fingerprint density at radius 3 is 3.00 bits per heavy atom. The number of nitrogens with two attached hydrogens (primary N) is 1. The average molecular weight is 392 g/mol. The van der Waals surface area contributed by atoms with E-state index in [0.29, 0.717) is 11.4 Å². The fourth-order valence-electron chi connectivity index (χ4n) is 3.00. The predicted molar refractivity (Wildman–Crippen MR) is 101 cm³/mol. The van der Waals surface area contributed by atoms with Crippen LogP contribution < -0.4 is 10.3 Å². The predicted octanol–water partition coefficient (Wildman–Crippen LogP) is 1.04. The molecule has 1 amide bonds. The Balaban J connectivity index is 1.77. The standard InChI is InChI=1S/C16H14N4O2S3/c1-19-5-3-2-4-10(19)9-7-24-13(18-9)8-6-25-15-11(17)14(21)20(15)12(8)16(22)23/h2-5,7,11,15H,6,17H2,1H3/p+1/t11-,15-/m1/s1. The van der Waals surface area contributed by atoms with Crippen LogP contribution in [0.2, 0.25) is 0 Å². The molecule has 1 fully saturated rings. The van der Waals surface area contributed by atoms with Crippen LogP contribution >= 0.6 is 35.7 Å². The van der Waals surface area contributed by atoms with E-state index in [1.54, 1.807) is 11.8 Å². The van der Waals surface area contributed by atoms with Gasteiger partial charge in [-0.3, -0.25) is 14.5 Å². The summed E-state index contributed by atoms with van der Waals surface area (Å²) < 4.78 is 1.99. The van der Waals surface area contributed by atoms with Gasteiger partial charge in [0.05, 0.1) is 0 Å². The molecule has 2 aromatic rings. The van der Waals surface area contributed by atoms with E-state index < -0.39 is 11.2 Å². The summed E-state index contributed by atoms with van der Waals surface area (Å²) in [7, 11) is 1.96. The van der Waals surface area contributed by atoms with Crippen molar-refractivity contribution in [1.29, 1.82) is 0 Å². The van der Waals surface area contributed by atoms with Gasteiger partial charge in [-0.1, -0.05) is 12.6 Å². The summed E-state index contributed by atoms with van der Waals surface area (Å²) in [6, 6.07) is 5.34. The molecular formula is C16H15N4O2S3+. The molecule has 0 unspecified atom stereocenters. The lowest BCUT2D eigenvalue weighted by atomic mass is 10.0. The molecule has 0 spiro atoms. The third-order valence-corrected chi connectivity index (χ3v) is 6.71. The van der Waals surface area contributed by atoms with Crippen molar-refractivity contribution >= 4 is 52.3 Å². The highest BCUT2D eigenvalue weighted by Gasteiger charge is 2.51. The van der Waals surface area contributed by atoms with Gasteiger partial charge in [-0.25, -0.2) is 4.98 Å². The summed E-state index contributed by atoms with van der Waals surface area (Å²) in [4.78, 5) is 30.4. The van der Waals surface area contributed by atoms with Crippen molar-refractivity contribution in [2.45, 2.75) is 11.4 Å². The Hall–Kier alpha value is -1.68. The second kappa shape index (κ2) is 6.24. The van der Waals surface area contributed by atoms with Crippen LogP contribution in [-0.2, 0) is 16.6 Å². The molecule has 0 bridgehead atoms. The van der Waals surface area contributed by atoms with Gasteiger partial charge in [-0.2, -0.15) is 4.57 Å². The minimum Gasteiger partial charge on any atom is -0.317 e. The number of thiol groups is 1. The fraction of sp³-hybridized carbons (Fsp3) is 0.250. The Kier molecular flexibility index (Phi) is 4.19. The maximum absolute atomic E-state index is 12.1. The van der Waals surface area contributed by atoms with Crippen LogP contribution in [0, 0.1) is 0 Å². The van der Waals surface area contributed by atoms with Crippen molar-refractivity contribution in [3.05, 3.63) is 40.5 Å². The van der Waals surface area contributed by atoms with Gasteiger partial charge in [0.25, 0.3) is 0 Å². The molecule has 2 aliphatic heterocycles. The second-order valence-electron chi connectivity index (χ2n) is 5.80. The molecule has 9 heteroatoms. The number of aromatic nitrogens is 2. The first-order valence-electron chi connectivity index (χ1n) is 7.56. The van der Waals surface area contributed by atoms with Crippen molar-refractivity contribution in [2.75, 3.05) is 5.75 Å².